The van der Waals surface area contributed by atoms with Gasteiger partial charge in [0.25, 0.3) is 0 Å². The number of alkyl halides is 1. The monoisotopic (exact) mass is 277 g/mol. The van der Waals surface area contributed by atoms with E-state index in [0.717, 1.165) is 28.5 Å². The summed E-state index contributed by atoms with van der Waals surface area (Å²) in [5.41, 5.74) is 0. The molecular formula is C8H9Cl2Ru. The first-order valence-electron chi connectivity index (χ1n) is 3.53. The van der Waals surface area contributed by atoms with Crippen LogP contribution in [0.4, 0.5) is 0 Å². The van der Waals surface area contributed by atoms with E-state index >= 15 is 0 Å². The average Bonchev–Trinajstić information content (AvgIpc) is 2.00. The summed E-state index contributed by atoms with van der Waals surface area (Å²) in [7, 11) is 0. The second-order valence-corrected chi connectivity index (χ2v) is 4.43. The van der Waals surface area contributed by atoms with Crippen LogP contribution in [0.25, 0.3) is 0 Å². The number of halogens is 2. The fraction of sp³-hybridized carbons (Fsp3) is 0.500. The van der Waals surface area contributed by atoms with Gasteiger partial charge in [0.05, 0.1) is 0 Å². The fourth-order valence-electron chi connectivity index (χ4n) is 0.929. The maximum atomic E-state index is 5.99. The van der Waals surface area contributed by atoms with E-state index in [2.05, 4.69) is 30.5 Å². The molecular weight excluding hydrogens is 268 g/mol. The summed E-state index contributed by atoms with van der Waals surface area (Å²) in [6, 6.07) is 0. The SMILES string of the molecule is Cl/C1=[C](\[Ru])CC/C=C\CC1Cl. The Morgan fingerprint density at radius 2 is 2.18 bits per heavy atom. The van der Waals surface area contributed by atoms with Gasteiger partial charge in [-0.05, 0) is 0 Å². The number of hydrogen-bond donors (Lipinski definition) is 0. The summed E-state index contributed by atoms with van der Waals surface area (Å²) in [6.07, 6.45) is 7.18. The number of allylic oxidation sites excluding steroid dienone is 4. The zero-order valence-electron chi connectivity index (χ0n) is 5.96. The van der Waals surface area contributed by atoms with Gasteiger partial charge in [-0.25, -0.2) is 0 Å². The topological polar surface area (TPSA) is 0 Å². The molecule has 0 aromatic heterocycles. The van der Waals surface area contributed by atoms with Gasteiger partial charge in [-0.1, -0.05) is 0 Å². The zero-order chi connectivity index (χ0) is 8.27. The van der Waals surface area contributed by atoms with Crippen molar-refractivity contribution >= 4 is 23.2 Å². The van der Waals surface area contributed by atoms with E-state index in [4.69, 9.17) is 23.2 Å². The Bertz CT molecular complexity index is 196. The Kier molecular flexibility index (Phi) is 4.13. The predicted octanol–water partition coefficient (Wildman–Crippen LogP) is 3.33. The van der Waals surface area contributed by atoms with Crippen LogP contribution in [0, 0.1) is 0 Å². The van der Waals surface area contributed by atoms with Gasteiger partial charge in [0.1, 0.15) is 0 Å². The van der Waals surface area contributed by atoms with E-state index in [1.54, 1.807) is 0 Å². The molecule has 0 saturated carbocycles. The van der Waals surface area contributed by atoms with Gasteiger partial charge in [-0.2, -0.15) is 0 Å². The average molecular weight is 277 g/mol. The van der Waals surface area contributed by atoms with Crippen molar-refractivity contribution in [3.05, 3.63) is 21.4 Å². The van der Waals surface area contributed by atoms with E-state index in [9.17, 15) is 0 Å². The molecule has 0 aromatic carbocycles. The van der Waals surface area contributed by atoms with Gasteiger partial charge in [0.15, 0.2) is 0 Å². The van der Waals surface area contributed by atoms with E-state index < -0.39 is 0 Å². The summed E-state index contributed by atoms with van der Waals surface area (Å²) >= 11 is 14.5. The van der Waals surface area contributed by atoms with E-state index in [0.29, 0.717) is 0 Å². The van der Waals surface area contributed by atoms with Crippen molar-refractivity contribution in [2.24, 2.45) is 0 Å². The maximum absolute atomic E-state index is 5.99. The van der Waals surface area contributed by atoms with Crippen molar-refractivity contribution in [3.63, 3.8) is 0 Å². The van der Waals surface area contributed by atoms with Gasteiger partial charge in [-0.15, -0.1) is 0 Å². The van der Waals surface area contributed by atoms with Crippen LogP contribution in [0.2, 0.25) is 0 Å². The Balaban J connectivity index is 2.72. The van der Waals surface area contributed by atoms with Gasteiger partial charge in [0.2, 0.25) is 0 Å². The zero-order valence-corrected chi connectivity index (χ0v) is 9.21. The molecule has 0 N–H and O–H groups in total. The van der Waals surface area contributed by atoms with Crippen LogP contribution < -0.4 is 0 Å². The quantitative estimate of drug-likeness (QED) is 0.362. The van der Waals surface area contributed by atoms with Crippen molar-refractivity contribution < 1.29 is 18.3 Å². The van der Waals surface area contributed by atoms with E-state index in [1.165, 1.54) is 0 Å². The Morgan fingerprint density at radius 3 is 2.91 bits per heavy atom. The van der Waals surface area contributed by atoms with Gasteiger partial charge < -0.3 is 0 Å². The van der Waals surface area contributed by atoms with Crippen molar-refractivity contribution in [1.82, 2.24) is 0 Å². The molecule has 0 spiro atoms. The molecule has 1 aliphatic carbocycles. The van der Waals surface area contributed by atoms with Crippen molar-refractivity contribution in [2.75, 3.05) is 0 Å². The molecule has 0 saturated heterocycles. The molecule has 0 nitrogen and oxygen atoms in total. The first kappa shape index (κ1) is 9.77. The third kappa shape index (κ3) is 2.89. The molecule has 0 aromatic rings. The summed E-state index contributed by atoms with van der Waals surface area (Å²) in [5.74, 6) is 0. The van der Waals surface area contributed by atoms with Crippen LogP contribution in [0.5, 0.6) is 0 Å². The van der Waals surface area contributed by atoms with E-state index in [1.807, 2.05) is 0 Å². The number of hydrogen-bond acceptors (Lipinski definition) is 0. The molecule has 1 unspecified atom stereocenters. The Labute approximate surface area is 87.3 Å². The Hall–Kier alpha value is 0.683. The second kappa shape index (κ2) is 4.65. The van der Waals surface area contributed by atoms with Crippen molar-refractivity contribution in [1.29, 1.82) is 0 Å². The van der Waals surface area contributed by atoms with Crippen LogP contribution in [0.1, 0.15) is 19.3 Å². The fourth-order valence-corrected chi connectivity index (χ4v) is 2.04. The van der Waals surface area contributed by atoms with Crippen LogP contribution in [0.15, 0.2) is 21.4 Å². The first-order valence-corrected chi connectivity index (χ1v) is 5.22. The summed E-state index contributed by atoms with van der Waals surface area (Å²) in [4.78, 5) is 0. The molecule has 11 heavy (non-hydrogen) atoms. The minimum absolute atomic E-state index is 0.0238. The van der Waals surface area contributed by atoms with E-state index in [-0.39, 0.29) is 5.38 Å². The molecule has 0 heterocycles. The van der Waals surface area contributed by atoms with Crippen LogP contribution >= 0.6 is 23.2 Å². The summed E-state index contributed by atoms with van der Waals surface area (Å²) in [5, 5.41) is 0.789. The molecule has 0 fully saturated rings. The predicted molar refractivity (Wildman–Crippen MR) is 45.5 cm³/mol. The summed E-state index contributed by atoms with van der Waals surface area (Å²) in [6.45, 7) is 0. The van der Waals surface area contributed by atoms with Crippen LogP contribution in [0.3, 0.4) is 0 Å². The third-order valence-corrected chi connectivity index (χ3v) is 3.71. The van der Waals surface area contributed by atoms with Crippen molar-refractivity contribution in [2.45, 2.75) is 24.6 Å². The van der Waals surface area contributed by atoms with Gasteiger partial charge >= 0.3 is 87.5 Å². The molecule has 0 aliphatic heterocycles. The van der Waals surface area contributed by atoms with Crippen LogP contribution in [-0.4, -0.2) is 5.38 Å². The molecule has 1 aliphatic rings. The molecule has 1 rings (SSSR count). The minimum atomic E-state index is -0.0238. The second-order valence-electron chi connectivity index (χ2n) is 2.45. The summed E-state index contributed by atoms with van der Waals surface area (Å²) < 4.78 is 1.16. The molecule has 0 bridgehead atoms. The molecule has 1 atom stereocenters. The standard InChI is InChI=1S/C8H9Cl2.Ru/c9-7-5-3-1-2-4-6-8(7)10;/h1,3,7H,2,4-5H2;/b3-1-,8-6?;. The van der Waals surface area contributed by atoms with Crippen molar-refractivity contribution in [3.8, 4) is 0 Å². The van der Waals surface area contributed by atoms with Gasteiger partial charge in [-0.3, -0.25) is 0 Å². The molecule has 63 valence electrons. The van der Waals surface area contributed by atoms with Gasteiger partial charge in [0, 0.05) is 0 Å². The third-order valence-electron chi connectivity index (χ3n) is 1.56. The molecule has 3 heteroatoms. The molecule has 0 amide bonds. The molecule has 0 radical (unpaired) electrons. The Morgan fingerprint density at radius 1 is 1.45 bits per heavy atom. The normalized spacial score (nSPS) is 36.1. The van der Waals surface area contributed by atoms with Crippen LogP contribution in [-0.2, 0) is 18.3 Å². The number of rotatable bonds is 0. The first-order chi connectivity index (χ1) is 5.22.